The van der Waals surface area contributed by atoms with E-state index in [1.807, 2.05) is 0 Å². The van der Waals surface area contributed by atoms with E-state index in [0.29, 0.717) is 0 Å². The molecule has 0 fully saturated rings. The number of anilines is 1. The number of ether oxygens (including phenoxy) is 1. The highest BCUT2D eigenvalue weighted by molar-refractivity contribution is 7.99. The molecule has 0 aromatic carbocycles. The number of aromatic nitrogens is 2. The van der Waals surface area contributed by atoms with Gasteiger partial charge in [-0.1, -0.05) is 6.92 Å². The molecule has 0 saturated carbocycles. The SMILES string of the molecule is CCCNc1nc(SCCCOC)c2cc(C)sc2n1. The first kappa shape index (κ1) is 15.5. The van der Waals surface area contributed by atoms with Gasteiger partial charge in [0.25, 0.3) is 0 Å². The van der Waals surface area contributed by atoms with Gasteiger partial charge in [-0.05, 0) is 25.8 Å². The topological polar surface area (TPSA) is 47.0 Å². The van der Waals surface area contributed by atoms with Crippen molar-refractivity contribution in [3.05, 3.63) is 10.9 Å². The molecule has 4 nitrogen and oxygen atoms in total. The summed E-state index contributed by atoms with van der Waals surface area (Å²) in [6, 6.07) is 2.18. The number of rotatable bonds is 8. The van der Waals surface area contributed by atoms with Crippen molar-refractivity contribution in [3.63, 3.8) is 0 Å². The van der Waals surface area contributed by atoms with Gasteiger partial charge in [0, 0.05) is 36.3 Å². The Kier molecular flexibility index (Phi) is 6.06. The average Bonchev–Trinajstić information content (AvgIpc) is 2.81. The summed E-state index contributed by atoms with van der Waals surface area (Å²) < 4.78 is 5.09. The van der Waals surface area contributed by atoms with E-state index in [0.717, 1.165) is 47.6 Å². The van der Waals surface area contributed by atoms with Crippen LogP contribution in [0.4, 0.5) is 5.95 Å². The molecule has 0 bridgehead atoms. The third kappa shape index (κ3) is 4.07. The fourth-order valence-electron chi connectivity index (χ4n) is 1.81. The van der Waals surface area contributed by atoms with E-state index in [2.05, 4.69) is 35.2 Å². The number of nitrogens with zero attached hydrogens (tertiary/aromatic N) is 2. The number of nitrogens with one attached hydrogen (secondary N) is 1. The van der Waals surface area contributed by atoms with Gasteiger partial charge in [-0.2, -0.15) is 0 Å². The first-order valence-corrected chi connectivity index (χ1v) is 8.68. The Bertz CT molecular complexity index is 557. The number of aryl methyl sites for hydroxylation is 1. The molecule has 2 aromatic heterocycles. The van der Waals surface area contributed by atoms with Gasteiger partial charge in [-0.25, -0.2) is 9.97 Å². The van der Waals surface area contributed by atoms with Gasteiger partial charge >= 0.3 is 0 Å². The zero-order valence-electron chi connectivity index (χ0n) is 12.2. The molecule has 110 valence electrons. The van der Waals surface area contributed by atoms with Crippen LogP contribution < -0.4 is 5.32 Å². The summed E-state index contributed by atoms with van der Waals surface area (Å²) >= 11 is 3.51. The maximum atomic E-state index is 5.09. The number of fused-ring (bicyclic) bond motifs is 1. The Morgan fingerprint density at radius 2 is 2.25 bits per heavy atom. The minimum absolute atomic E-state index is 0.746. The number of thioether (sulfide) groups is 1. The Morgan fingerprint density at radius 1 is 1.40 bits per heavy atom. The largest absolute Gasteiger partial charge is 0.385 e. The lowest BCUT2D eigenvalue weighted by Gasteiger charge is -2.07. The fraction of sp³-hybridized carbons (Fsp3) is 0.571. The summed E-state index contributed by atoms with van der Waals surface area (Å²) in [5.74, 6) is 1.76. The molecule has 2 rings (SSSR count). The van der Waals surface area contributed by atoms with Crippen LogP contribution in [0.1, 0.15) is 24.6 Å². The van der Waals surface area contributed by atoms with Crippen molar-refractivity contribution in [1.29, 1.82) is 0 Å². The Labute approximate surface area is 128 Å². The predicted molar refractivity (Wildman–Crippen MR) is 88.1 cm³/mol. The molecule has 0 unspecified atom stereocenters. The van der Waals surface area contributed by atoms with Gasteiger partial charge in [-0.15, -0.1) is 23.1 Å². The smallest absolute Gasteiger partial charge is 0.225 e. The minimum Gasteiger partial charge on any atom is -0.385 e. The van der Waals surface area contributed by atoms with Crippen LogP contribution in [-0.2, 0) is 4.74 Å². The summed E-state index contributed by atoms with van der Waals surface area (Å²) in [5.41, 5.74) is 0. The van der Waals surface area contributed by atoms with Crippen molar-refractivity contribution in [2.45, 2.75) is 31.7 Å². The Balaban J connectivity index is 2.19. The van der Waals surface area contributed by atoms with Gasteiger partial charge in [0.2, 0.25) is 5.95 Å². The lowest BCUT2D eigenvalue weighted by atomic mass is 10.4. The van der Waals surface area contributed by atoms with Crippen molar-refractivity contribution in [2.75, 3.05) is 31.3 Å². The highest BCUT2D eigenvalue weighted by Crippen LogP contribution is 2.32. The highest BCUT2D eigenvalue weighted by atomic mass is 32.2. The second-order valence-electron chi connectivity index (χ2n) is 4.55. The molecule has 0 aliphatic rings. The standard InChI is InChI=1S/C14H21N3OS2/c1-4-6-15-14-16-12(19-8-5-7-18-3)11-9-10(2)20-13(11)17-14/h9H,4-8H2,1-3H3,(H,15,16,17). The third-order valence-corrected chi connectivity index (χ3v) is 4.77. The molecule has 20 heavy (non-hydrogen) atoms. The summed E-state index contributed by atoms with van der Waals surface area (Å²) in [4.78, 5) is 11.6. The molecular formula is C14H21N3OS2. The van der Waals surface area contributed by atoms with E-state index >= 15 is 0 Å². The second kappa shape index (κ2) is 7.81. The van der Waals surface area contributed by atoms with E-state index in [4.69, 9.17) is 4.74 Å². The Morgan fingerprint density at radius 3 is 3.00 bits per heavy atom. The molecule has 0 aliphatic heterocycles. The predicted octanol–water partition coefficient (Wildman–Crippen LogP) is 3.95. The van der Waals surface area contributed by atoms with E-state index < -0.39 is 0 Å². The van der Waals surface area contributed by atoms with Gasteiger partial charge in [0.1, 0.15) is 9.86 Å². The van der Waals surface area contributed by atoms with E-state index in [1.54, 1.807) is 30.2 Å². The van der Waals surface area contributed by atoms with Crippen molar-refractivity contribution >= 4 is 39.3 Å². The zero-order valence-corrected chi connectivity index (χ0v) is 13.9. The van der Waals surface area contributed by atoms with Crippen LogP contribution in [0.5, 0.6) is 0 Å². The summed E-state index contributed by atoms with van der Waals surface area (Å²) in [7, 11) is 1.74. The van der Waals surface area contributed by atoms with Crippen LogP contribution in [0.2, 0.25) is 0 Å². The van der Waals surface area contributed by atoms with Crippen LogP contribution in [0.3, 0.4) is 0 Å². The molecule has 0 radical (unpaired) electrons. The van der Waals surface area contributed by atoms with Crippen molar-refractivity contribution in [1.82, 2.24) is 9.97 Å². The number of hydrogen-bond acceptors (Lipinski definition) is 6. The minimum atomic E-state index is 0.746. The molecule has 0 amide bonds. The molecule has 0 spiro atoms. The van der Waals surface area contributed by atoms with Gasteiger partial charge < -0.3 is 10.1 Å². The van der Waals surface area contributed by atoms with Crippen molar-refractivity contribution in [2.24, 2.45) is 0 Å². The van der Waals surface area contributed by atoms with Gasteiger partial charge in [0.05, 0.1) is 0 Å². The van der Waals surface area contributed by atoms with Crippen LogP contribution in [0.25, 0.3) is 10.2 Å². The van der Waals surface area contributed by atoms with Crippen molar-refractivity contribution in [3.8, 4) is 0 Å². The molecule has 6 heteroatoms. The number of hydrogen-bond donors (Lipinski definition) is 1. The monoisotopic (exact) mass is 311 g/mol. The first-order chi connectivity index (χ1) is 9.74. The first-order valence-electron chi connectivity index (χ1n) is 6.88. The van der Waals surface area contributed by atoms with E-state index in [1.165, 1.54) is 10.3 Å². The third-order valence-electron chi connectivity index (χ3n) is 2.75. The molecule has 2 aromatic rings. The fourth-order valence-corrected chi connectivity index (χ4v) is 3.68. The van der Waals surface area contributed by atoms with Crippen molar-refractivity contribution < 1.29 is 4.74 Å². The van der Waals surface area contributed by atoms with Gasteiger partial charge in [-0.3, -0.25) is 0 Å². The number of thiophene rings is 1. The summed E-state index contributed by atoms with van der Waals surface area (Å²) in [6.45, 7) is 5.96. The quantitative estimate of drug-likeness (QED) is 0.454. The molecule has 2 heterocycles. The summed E-state index contributed by atoms with van der Waals surface area (Å²) in [6.07, 6.45) is 2.11. The maximum absolute atomic E-state index is 5.09. The summed E-state index contributed by atoms with van der Waals surface area (Å²) in [5, 5.41) is 5.54. The van der Waals surface area contributed by atoms with Crippen LogP contribution in [-0.4, -0.2) is 36.0 Å². The van der Waals surface area contributed by atoms with Crippen LogP contribution in [0, 0.1) is 6.92 Å². The molecule has 0 atom stereocenters. The lowest BCUT2D eigenvalue weighted by molar-refractivity contribution is 0.200. The Hall–Kier alpha value is -0.850. The maximum Gasteiger partial charge on any atom is 0.225 e. The highest BCUT2D eigenvalue weighted by Gasteiger charge is 2.10. The molecule has 0 aliphatic carbocycles. The molecule has 1 N–H and O–H groups in total. The normalized spacial score (nSPS) is 11.2. The zero-order chi connectivity index (χ0) is 14.4. The molecular weight excluding hydrogens is 290 g/mol. The lowest BCUT2D eigenvalue weighted by Crippen LogP contribution is -2.04. The van der Waals surface area contributed by atoms with Gasteiger partial charge in [0.15, 0.2) is 0 Å². The average molecular weight is 311 g/mol. The van der Waals surface area contributed by atoms with Crippen LogP contribution in [0.15, 0.2) is 11.1 Å². The van der Waals surface area contributed by atoms with E-state index in [-0.39, 0.29) is 0 Å². The number of methoxy groups -OCH3 is 1. The molecule has 0 saturated heterocycles. The van der Waals surface area contributed by atoms with E-state index in [9.17, 15) is 0 Å². The second-order valence-corrected chi connectivity index (χ2v) is 6.87. The van der Waals surface area contributed by atoms with Crippen LogP contribution >= 0.6 is 23.1 Å².